The van der Waals surface area contributed by atoms with Crippen LogP contribution in [0.4, 0.5) is 0 Å². The number of ether oxygens (including phenoxy) is 1. The first-order valence-electron chi connectivity index (χ1n) is 6.00. The first-order valence-corrected chi connectivity index (χ1v) is 6.92. The number of rotatable bonds is 2. The number of benzene rings is 1. The lowest BCUT2D eigenvalue weighted by Gasteiger charge is -2.36. The minimum Gasteiger partial charge on any atom is -0.375 e. The van der Waals surface area contributed by atoms with Crippen molar-refractivity contribution in [2.45, 2.75) is 43.7 Å². The third kappa shape index (κ3) is 2.86. The molecule has 0 aromatic heterocycles. The zero-order chi connectivity index (χ0) is 11.5. The topological polar surface area (TPSA) is 9.23 Å². The molecule has 0 bridgehead atoms. The summed E-state index contributed by atoms with van der Waals surface area (Å²) in [5, 5.41) is 0. The molecule has 0 saturated carbocycles. The van der Waals surface area contributed by atoms with Crippen molar-refractivity contribution in [3.05, 3.63) is 35.9 Å². The van der Waals surface area contributed by atoms with Gasteiger partial charge in [-0.25, -0.2) is 0 Å². The van der Waals surface area contributed by atoms with Crippen molar-refractivity contribution in [3.8, 4) is 0 Å². The zero-order valence-electron chi connectivity index (χ0n) is 9.90. The van der Waals surface area contributed by atoms with E-state index < -0.39 is 0 Å². The highest BCUT2D eigenvalue weighted by Crippen LogP contribution is 2.31. The quantitative estimate of drug-likeness (QED) is 0.750. The van der Waals surface area contributed by atoms with Crippen LogP contribution in [0.5, 0.6) is 0 Å². The molecule has 0 amide bonds. The molecule has 1 nitrogen and oxygen atoms in total. The van der Waals surface area contributed by atoms with Crippen molar-refractivity contribution in [2.24, 2.45) is 5.92 Å². The molecule has 16 heavy (non-hydrogen) atoms. The molecule has 2 heteroatoms. The van der Waals surface area contributed by atoms with Crippen LogP contribution >= 0.6 is 15.9 Å². The molecule has 1 aliphatic heterocycles. The first-order chi connectivity index (χ1) is 7.66. The average molecular weight is 283 g/mol. The fraction of sp³-hybridized carbons (Fsp3) is 0.571. The molecule has 0 radical (unpaired) electrons. The largest absolute Gasteiger partial charge is 0.375 e. The van der Waals surface area contributed by atoms with Crippen LogP contribution in [0.2, 0.25) is 0 Å². The monoisotopic (exact) mass is 282 g/mol. The first kappa shape index (κ1) is 12.1. The molecule has 1 aliphatic rings. The maximum absolute atomic E-state index is 6.04. The SMILES string of the molecule is C[C@@H]1C(Br)C[C@H](Cc2ccccc2)O[C@@H]1C. The van der Waals surface area contributed by atoms with Crippen LogP contribution in [0.25, 0.3) is 0 Å². The van der Waals surface area contributed by atoms with Crippen molar-refractivity contribution >= 4 is 15.9 Å². The molecule has 1 unspecified atom stereocenters. The Labute approximate surface area is 106 Å². The van der Waals surface area contributed by atoms with E-state index in [1.54, 1.807) is 0 Å². The van der Waals surface area contributed by atoms with E-state index in [-0.39, 0.29) is 0 Å². The molecular weight excluding hydrogens is 264 g/mol. The van der Waals surface area contributed by atoms with Crippen LogP contribution < -0.4 is 0 Å². The molecule has 1 aromatic carbocycles. The molecular formula is C14H19BrO. The second-order valence-electron chi connectivity index (χ2n) is 4.76. The summed E-state index contributed by atoms with van der Waals surface area (Å²) in [6.07, 6.45) is 2.85. The van der Waals surface area contributed by atoms with Crippen LogP contribution in [0, 0.1) is 5.92 Å². The highest BCUT2D eigenvalue weighted by molar-refractivity contribution is 9.09. The van der Waals surface area contributed by atoms with Gasteiger partial charge in [0.2, 0.25) is 0 Å². The van der Waals surface area contributed by atoms with Gasteiger partial charge in [0, 0.05) is 4.83 Å². The van der Waals surface area contributed by atoms with Crippen LogP contribution in [0.1, 0.15) is 25.8 Å². The normalized spacial score (nSPS) is 34.9. The molecule has 1 heterocycles. The molecule has 2 rings (SSSR count). The third-order valence-corrected chi connectivity index (χ3v) is 4.72. The minimum absolute atomic E-state index is 0.354. The van der Waals surface area contributed by atoms with Crippen molar-refractivity contribution in [2.75, 3.05) is 0 Å². The highest BCUT2D eigenvalue weighted by atomic mass is 79.9. The summed E-state index contributed by atoms with van der Waals surface area (Å²) in [7, 11) is 0. The van der Waals surface area contributed by atoms with Gasteiger partial charge in [-0.05, 0) is 31.2 Å². The van der Waals surface area contributed by atoms with Gasteiger partial charge in [0.1, 0.15) is 0 Å². The van der Waals surface area contributed by atoms with Gasteiger partial charge >= 0.3 is 0 Å². The summed E-state index contributed by atoms with van der Waals surface area (Å²) in [5.41, 5.74) is 1.37. The van der Waals surface area contributed by atoms with Gasteiger partial charge in [0.05, 0.1) is 12.2 Å². The number of halogens is 1. The van der Waals surface area contributed by atoms with E-state index in [4.69, 9.17) is 4.74 Å². The van der Waals surface area contributed by atoms with E-state index in [0.29, 0.717) is 23.0 Å². The molecule has 0 spiro atoms. The molecule has 0 N–H and O–H groups in total. The van der Waals surface area contributed by atoms with Gasteiger partial charge in [0.25, 0.3) is 0 Å². The summed E-state index contributed by atoms with van der Waals surface area (Å²) in [4.78, 5) is 0.588. The average Bonchev–Trinajstić information content (AvgIpc) is 2.27. The van der Waals surface area contributed by atoms with Crippen molar-refractivity contribution < 1.29 is 4.74 Å². The standard InChI is InChI=1S/C14H19BrO/c1-10-11(2)16-13(9-14(10)15)8-12-6-4-3-5-7-12/h3-7,10-11,13-14H,8-9H2,1-2H3/t10-,11+,13-,14?/m0/s1. The van der Waals surface area contributed by atoms with Crippen molar-refractivity contribution in [1.82, 2.24) is 0 Å². The zero-order valence-corrected chi connectivity index (χ0v) is 11.5. The molecule has 1 aromatic rings. The Kier molecular flexibility index (Phi) is 4.04. The number of hydrogen-bond donors (Lipinski definition) is 0. The second kappa shape index (κ2) is 5.33. The predicted molar refractivity (Wildman–Crippen MR) is 71.0 cm³/mol. The van der Waals surface area contributed by atoms with E-state index in [1.807, 2.05) is 0 Å². The third-order valence-electron chi connectivity index (χ3n) is 3.51. The van der Waals surface area contributed by atoms with E-state index in [0.717, 1.165) is 12.8 Å². The summed E-state index contributed by atoms with van der Waals surface area (Å²) in [6, 6.07) is 10.6. The van der Waals surface area contributed by atoms with Gasteiger partial charge in [-0.1, -0.05) is 53.2 Å². The van der Waals surface area contributed by atoms with Gasteiger partial charge in [-0.2, -0.15) is 0 Å². The lowest BCUT2D eigenvalue weighted by atomic mass is 9.91. The smallest absolute Gasteiger partial charge is 0.0630 e. The minimum atomic E-state index is 0.354. The van der Waals surface area contributed by atoms with Crippen LogP contribution in [0.15, 0.2) is 30.3 Å². The van der Waals surface area contributed by atoms with E-state index >= 15 is 0 Å². The number of hydrogen-bond acceptors (Lipinski definition) is 1. The Morgan fingerprint density at radius 2 is 1.94 bits per heavy atom. The fourth-order valence-electron chi connectivity index (χ4n) is 2.25. The number of alkyl halides is 1. The molecule has 4 atom stereocenters. The van der Waals surface area contributed by atoms with E-state index in [9.17, 15) is 0 Å². The van der Waals surface area contributed by atoms with E-state index in [1.165, 1.54) is 5.56 Å². The fourth-order valence-corrected chi connectivity index (χ4v) is 3.10. The van der Waals surface area contributed by atoms with Crippen LogP contribution in [-0.4, -0.2) is 17.0 Å². The van der Waals surface area contributed by atoms with Crippen molar-refractivity contribution in [3.63, 3.8) is 0 Å². The lowest BCUT2D eigenvalue weighted by molar-refractivity contribution is -0.0634. The lowest BCUT2D eigenvalue weighted by Crippen LogP contribution is -2.39. The predicted octanol–water partition coefficient (Wildman–Crippen LogP) is 3.81. The Morgan fingerprint density at radius 1 is 1.25 bits per heavy atom. The summed E-state index contributed by atoms with van der Waals surface area (Å²) in [5.74, 6) is 0.604. The van der Waals surface area contributed by atoms with E-state index in [2.05, 4.69) is 60.1 Å². The van der Waals surface area contributed by atoms with Gasteiger partial charge < -0.3 is 4.74 Å². The second-order valence-corrected chi connectivity index (χ2v) is 5.94. The highest BCUT2D eigenvalue weighted by Gasteiger charge is 2.31. The Hall–Kier alpha value is -0.340. The maximum atomic E-state index is 6.04. The molecule has 1 fully saturated rings. The Morgan fingerprint density at radius 3 is 2.56 bits per heavy atom. The van der Waals surface area contributed by atoms with Gasteiger partial charge in [0.15, 0.2) is 0 Å². The van der Waals surface area contributed by atoms with Crippen LogP contribution in [0.3, 0.4) is 0 Å². The maximum Gasteiger partial charge on any atom is 0.0630 e. The molecule has 1 saturated heterocycles. The summed E-state index contributed by atoms with van der Waals surface area (Å²) >= 11 is 3.77. The van der Waals surface area contributed by atoms with Gasteiger partial charge in [-0.15, -0.1) is 0 Å². The van der Waals surface area contributed by atoms with Crippen molar-refractivity contribution in [1.29, 1.82) is 0 Å². The summed E-state index contributed by atoms with van der Waals surface area (Å²) in [6.45, 7) is 4.43. The molecule has 0 aliphatic carbocycles. The van der Waals surface area contributed by atoms with Gasteiger partial charge in [-0.3, -0.25) is 0 Å². The molecule has 88 valence electrons. The Bertz CT molecular complexity index is 313. The Balaban J connectivity index is 1.97. The van der Waals surface area contributed by atoms with Crippen LogP contribution in [-0.2, 0) is 11.2 Å². The summed E-state index contributed by atoms with van der Waals surface area (Å²) < 4.78 is 6.04.